The third-order valence-electron chi connectivity index (χ3n) is 5.22. The van der Waals surface area contributed by atoms with Crippen LogP contribution in [0, 0.1) is 0 Å². The summed E-state index contributed by atoms with van der Waals surface area (Å²) in [6.45, 7) is -0.0995. The molecule has 1 amide bonds. The molecule has 36 heavy (non-hydrogen) atoms. The lowest BCUT2D eigenvalue weighted by molar-refractivity contribution is -0.140. The second-order valence-corrected chi connectivity index (χ2v) is 9.82. The number of fused-ring (bicyclic) bond motifs is 1. The fourth-order valence-electron chi connectivity index (χ4n) is 3.35. The van der Waals surface area contributed by atoms with Gasteiger partial charge in [-0.25, -0.2) is 18.1 Å². The molecule has 0 saturated carbocycles. The lowest BCUT2D eigenvalue weighted by atomic mass is 10.1. The van der Waals surface area contributed by atoms with E-state index in [2.05, 4.69) is 24.7 Å². The summed E-state index contributed by atoms with van der Waals surface area (Å²) in [4.78, 5) is 32.9. The summed E-state index contributed by atoms with van der Waals surface area (Å²) in [6, 6.07) is 17.9. The number of amides is 1. The van der Waals surface area contributed by atoms with E-state index >= 15 is 0 Å². The summed E-state index contributed by atoms with van der Waals surface area (Å²) in [5.41, 5.74) is 3.37. The van der Waals surface area contributed by atoms with E-state index in [0.717, 1.165) is 11.0 Å². The van der Waals surface area contributed by atoms with Gasteiger partial charge < -0.3 is 10.1 Å². The van der Waals surface area contributed by atoms with Crippen LogP contribution in [0.15, 0.2) is 77.8 Å². The van der Waals surface area contributed by atoms with Crippen molar-refractivity contribution in [3.63, 3.8) is 0 Å². The van der Waals surface area contributed by atoms with Crippen LogP contribution in [-0.4, -0.2) is 43.9 Å². The molecule has 0 radical (unpaired) electrons. The molecular formula is C25H21ClN4O5S. The Morgan fingerprint density at radius 2 is 1.72 bits per heavy atom. The number of nitrogens with zero attached hydrogens (tertiary/aromatic N) is 2. The molecule has 0 unspecified atom stereocenters. The molecule has 0 aliphatic rings. The first kappa shape index (κ1) is 25.2. The molecule has 0 bridgehead atoms. The van der Waals surface area contributed by atoms with Gasteiger partial charge in [0.15, 0.2) is 0 Å². The van der Waals surface area contributed by atoms with Gasteiger partial charge in [-0.15, -0.1) is 0 Å². The van der Waals surface area contributed by atoms with Crippen LogP contribution in [0.5, 0.6) is 0 Å². The maximum Gasteiger partial charge on any atom is 0.306 e. The summed E-state index contributed by atoms with van der Waals surface area (Å²) in [5.74, 6) is -0.960. The Hall–Kier alpha value is -3.86. The molecule has 4 rings (SSSR count). The lowest BCUT2D eigenvalue weighted by Crippen LogP contribution is -2.26. The first-order valence-corrected chi connectivity index (χ1v) is 12.6. The monoisotopic (exact) mass is 524 g/mol. The lowest BCUT2D eigenvalue weighted by Gasteiger charge is -2.10. The minimum absolute atomic E-state index is 0.0347. The zero-order valence-corrected chi connectivity index (χ0v) is 20.6. The Labute approximate surface area is 212 Å². The zero-order valence-electron chi connectivity index (χ0n) is 19.1. The largest absolute Gasteiger partial charge is 0.469 e. The van der Waals surface area contributed by atoms with Crippen molar-refractivity contribution in [2.24, 2.45) is 0 Å². The second-order valence-electron chi connectivity index (χ2n) is 7.64. The number of ether oxygens (including phenoxy) is 1. The number of aromatic nitrogens is 2. The summed E-state index contributed by atoms with van der Waals surface area (Å²) >= 11 is 6.39. The molecule has 9 nitrogen and oxygen atoms in total. The number of esters is 1. The molecule has 4 aromatic rings. The van der Waals surface area contributed by atoms with E-state index in [1.807, 2.05) is 24.3 Å². The number of sulfonamides is 1. The number of carbonyl (C=O) groups excluding carboxylic acids is 2. The molecule has 1 heterocycles. The van der Waals surface area contributed by atoms with E-state index in [1.165, 1.54) is 31.4 Å². The first-order chi connectivity index (χ1) is 17.3. The van der Waals surface area contributed by atoms with Crippen LogP contribution < -0.4 is 10.0 Å². The van der Waals surface area contributed by atoms with E-state index in [4.69, 9.17) is 11.6 Å². The predicted octanol–water partition coefficient (Wildman–Crippen LogP) is 4.04. The van der Waals surface area contributed by atoms with E-state index in [1.54, 1.807) is 24.4 Å². The highest BCUT2D eigenvalue weighted by Crippen LogP contribution is 2.30. The van der Waals surface area contributed by atoms with Crippen molar-refractivity contribution in [2.45, 2.75) is 11.3 Å². The van der Waals surface area contributed by atoms with E-state index < -0.39 is 21.9 Å². The zero-order chi connectivity index (χ0) is 25.7. The first-order valence-electron chi connectivity index (χ1n) is 10.8. The Morgan fingerprint density at radius 3 is 2.44 bits per heavy atom. The van der Waals surface area contributed by atoms with Gasteiger partial charge in [0.1, 0.15) is 0 Å². The van der Waals surface area contributed by atoms with Gasteiger partial charge in [0, 0.05) is 23.4 Å². The Bertz CT molecular complexity index is 1540. The molecular weight excluding hydrogens is 504 g/mol. The van der Waals surface area contributed by atoms with Gasteiger partial charge >= 0.3 is 5.97 Å². The Kier molecular flexibility index (Phi) is 7.58. The summed E-state index contributed by atoms with van der Waals surface area (Å²) < 4.78 is 31.5. The van der Waals surface area contributed by atoms with Crippen molar-refractivity contribution in [1.29, 1.82) is 0 Å². The van der Waals surface area contributed by atoms with E-state index in [9.17, 15) is 18.0 Å². The van der Waals surface area contributed by atoms with Crippen LogP contribution in [0.4, 0.5) is 5.69 Å². The van der Waals surface area contributed by atoms with Crippen molar-refractivity contribution < 1.29 is 22.7 Å². The molecule has 0 aliphatic heterocycles. The number of carbonyl (C=O) groups is 2. The van der Waals surface area contributed by atoms with Gasteiger partial charge in [-0.2, -0.15) is 0 Å². The second kappa shape index (κ2) is 10.8. The van der Waals surface area contributed by atoms with E-state index in [-0.39, 0.29) is 23.4 Å². The number of methoxy groups -OCH3 is 1. The molecule has 0 aliphatic carbocycles. The van der Waals surface area contributed by atoms with Gasteiger partial charge in [0.25, 0.3) is 5.91 Å². The van der Waals surface area contributed by atoms with Crippen LogP contribution in [0.1, 0.15) is 16.8 Å². The predicted molar refractivity (Wildman–Crippen MR) is 136 cm³/mol. The topological polar surface area (TPSA) is 127 Å². The number of anilines is 1. The number of halogens is 1. The van der Waals surface area contributed by atoms with Crippen LogP contribution in [0.25, 0.3) is 22.3 Å². The van der Waals surface area contributed by atoms with Crippen LogP contribution in [0.3, 0.4) is 0 Å². The minimum atomic E-state index is -3.84. The Morgan fingerprint density at radius 1 is 1.00 bits per heavy atom. The average molecular weight is 525 g/mol. The van der Waals surface area contributed by atoms with E-state index in [0.29, 0.717) is 22.0 Å². The minimum Gasteiger partial charge on any atom is -0.469 e. The highest BCUT2D eigenvalue weighted by Gasteiger charge is 2.16. The molecule has 184 valence electrons. The number of hydrogen-bond acceptors (Lipinski definition) is 7. The average Bonchev–Trinajstić information content (AvgIpc) is 2.89. The van der Waals surface area contributed by atoms with Gasteiger partial charge in [-0.3, -0.25) is 14.6 Å². The summed E-state index contributed by atoms with van der Waals surface area (Å²) in [6.07, 6.45) is 1.53. The fraction of sp³-hybridized carbons (Fsp3) is 0.120. The molecule has 2 N–H and O–H groups in total. The van der Waals surface area contributed by atoms with Crippen LogP contribution >= 0.6 is 11.6 Å². The molecule has 3 aromatic carbocycles. The highest BCUT2D eigenvalue weighted by molar-refractivity contribution is 7.89. The molecule has 11 heteroatoms. The van der Waals surface area contributed by atoms with Gasteiger partial charge in [-0.05, 0) is 54.6 Å². The van der Waals surface area contributed by atoms with Gasteiger partial charge in [0.2, 0.25) is 10.0 Å². The molecule has 0 atom stereocenters. The van der Waals surface area contributed by atoms with Crippen molar-refractivity contribution in [1.82, 2.24) is 14.7 Å². The summed E-state index contributed by atoms with van der Waals surface area (Å²) in [7, 11) is -2.61. The van der Waals surface area contributed by atoms with Crippen molar-refractivity contribution in [3.05, 3.63) is 83.5 Å². The van der Waals surface area contributed by atoms with Gasteiger partial charge in [0.05, 0.1) is 46.4 Å². The SMILES string of the molecule is COC(=O)CCNS(=O)(=O)c1ccc(C(=O)Nc2ccc(Cl)c(-c3cnc4ccccc4n3)c2)cc1. The fourth-order valence-corrected chi connectivity index (χ4v) is 4.59. The van der Waals surface area contributed by atoms with Crippen LogP contribution in [-0.2, 0) is 19.6 Å². The number of benzene rings is 3. The standard InChI is InChI=1S/C25H21ClN4O5S/c1-35-24(31)12-13-28-36(33,34)18-9-6-16(7-10-18)25(32)29-17-8-11-20(26)19(14-17)23-15-27-21-4-2-3-5-22(21)30-23/h2-11,14-15,28H,12-13H2,1H3,(H,29,32). The maximum absolute atomic E-state index is 12.8. The van der Waals surface area contributed by atoms with Crippen molar-refractivity contribution in [2.75, 3.05) is 19.0 Å². The number of rotatable bonds is 8. The third kappa shape index (κ3) is 5.85. The molecule has 0 spiro atoms. The third-order valence-corrected chi connectivity index (χ3v) is 7.03. The maximum atomic E-state index is 12.8. The van der Waals surface area contributed by atoms with Crippen LogP contribution in [0.2, 0.25) is 5.02 Å². The smallest absolute Gasteiger partial charge is 0.306 e. The number of para-hydroxylation sites is 2. The van der Waals surface area contributed by atoms with Gasteiger partial charge in [-0.1, -0.05) is 23.7 Å². The highest BCUT2D eigenvalue weighted by atomic mass is 35.5. The number of hydrogen-bond donors (Lipinski definition) is 2. The molecule has 0 fully saturated rings. The summed E-state index contributed by atoms with van der Waals surface area (Å²) in [5, 5.41) is 3.23. The molecule has 1 aromatic heterocycles. The van der Waals surface area contributed by atoms with Crippen molar-refractivity contribution >= 4 is 50.2 Å². The Balaban J connectivity index is 1.48. The van der Waals surface area contributed by atoms with Crippen molar-refractivity contribution in [3.8, 4) is 11.3 Å². The number of nitrogens with one attached hydrogen (secondary N) is 2. The molecule has 0 saturated heterocycles. The normalized spacial score (nSPS) is 11.3. The quantitative estimate of drug-likeness (QED) is 0.333.